The highest BCUT2D eigenvalue weighted by Crippen LogP contribution is 2.44. The maximum atomic E-state index is 12.9. The van der Waals surface area contributed by atoms with E-state index in [1.54, 1.807) is 6.07 Å². The second kappa shape index (κ2) is 6.29. The first kappa shape index (κ1) is 16.7. The normalized spacial score (nSPS) is 19.3. The number of aromatic amines is 1. The summed E-state index contributed by atoms with van der Waals surface area (Å²) in [6.07, 6.45) is 5.79. The lowest BCUT2D eigenvalue weighted by Gasteiger charge is -2.30. The van der Waals surface area contributed by atoms with Crippen molar-refractivity contribution in [2.75, 3.05) is 13.7 Å². The van der Waals surface area contributed by atoms with Gasteiger partial charge in [0, 0.05) is 42.2 Å². The molecule has 142 valence electrons. The molecule has 2 heterocycles. The first-order valence-corrected chi connectivity index (χ1v) is 9.92. The van der Waals surface area contributed by atoms with Crippen molar-refractivity contribution < 1.29 is 14.3 Å². The maximum absolute atomic E-state index is 12.9. The molecule has 0 saturated heterocycles. The number of para-hydroxylation sites is 1. The molecule has 27 heavy (non-hydrogen) atoms. The Morgan fingerprint density at radius 3 is 2.63 bits per heavy atom. The first-order chi connectivity index (χ1) is 13.2. The molecule has 0 bridgehead atoms. The summed E-state index contributed by atoms with van der Waals surface area (Å²) in [6.45, 7) is 1.27. The minimum absolute atomic E-state index is 0.0583. The van der Waals surface area contributed by atoms with Crippen LogP contribution in [0.3, 0.4) is 0 Å². The summed E-state index contributed by atoms with van der Waals surface area (Å²) in [4.78, 5) is 30.3. The third-order valence-corrected chi connectivity index (χ3v) is 6.25. The number of amides is 2. The quantitative estimate of drug-likeness (QED) is 0.815. The van der Waals surface area contributed by atoms with Gasteiger partial charge in [-0.15, -0.1) is 0 Å². The highest BCUT2D eigenvalue weighted by molar-refractivity contribution is 6.04. The molecule has 1 aliphatic heterocycles. The fourth-order valence-electron chi connectivity index (χ4n) is 4.46. The third-order valence-electron chi connectivity index (χ3n) is 6.25. The minimum atomic E-state index is -0.342. The van der Waals surface area contributed by atoms with E-state index in [-0.39, 0.29) is 12.0 Å². The zero-order valence-electron chi connectivity index (χ0n) is 15.6. The van der Waals surface area contributed by atoms with Gasteiger partial charge in [-0.3, -0.25) is 0 Å². The molecule has 6 heteroatoms. The molecule has 5 rings (SSSR count). The summed E-state index contributed by atoms with van der Waals surface area (Å²) in [7, 11) is 1.40. The molecule has 0 spiro atoms. The van der Waals surface area contributed by atoms with Gasteiger partial charge < -0.3 is 19.9 Å². The predicted molar refractivity (Wildman–Crippen MR) is 102 cm³/mol. The molecule has 1 aromatic heterocycles. The molecule has 2 aromatic rings. The number of esters is 1. The number of aromatic nitrogens is 1. The Morgan fingerprint density at radius 1 is 1.22 bits per heavy atom. The van der Waals surface area contributed by atoms with Crippen LogP contribution in [0, 0.1) is 11.8 Å². The number of hydrogen-bond donors (Lipinski definition) is 2. The van der Waals surface area contributed by atoms with Crippen molar-refractivity contribution in [1.82, 2.24) is 15.2 Å². The second-order valence-corrected chi connectivity index (χ2v) is 8.12. The van der Waals surface area contributed by atoms with Gasteiger partial charge in [0.1, 0.15) is 0 Å². The Labute approximate surface area is 158 Å². The molecular formula is C21H25N3O3. The van der Waals surface area contributed by atoms with Crippen molar-refractivity contribution in [3.05, 3.63) is 35.0 Å². The summed E-state index contributed by atoms with van der Waals surface area (Å²) in [5, 5.41) is 4.33. The van der Waals surface area contributed by atoms with Crippen LogP contribution in [-0.2, 0) is 17.7 Å². The number of carbonyl (C=O) groups is 2. The lowest BCUT2D eigenvalue weighted by atomic mass is 10.0. The average Bonchev–Trinajstić information content (AvgIpc) is 3.61. The summed E-state index contributed by atoms with van der Waals surface area (Å²) < 4.78 is 4.90. The van der Waals surface area contributed by atoms with Gasteiger partial charge in [0.15, 0.2) is 0 Å². The Morgan fingerprint density at radius 2 is 1.96 bits per heavy atom. The number of rotatable bonds is 4. The third kappa shape index (κ3) is 2.97. The van der Waals surface area contributed by atoms with E-state index in [1.165, 1.54) is 32.8 Å². The van der Waals surface area contributed by atoms with Gasteiger partial charge in [-0.25, -0.2) is 9.59 Å². The van der Waals surface area contributed by atoms with Crippen LogP contribution in [0.4, 0.5) is 4.79 Å². The predicted octanol–water partition coefficient (Wildman–Crippen LogP) is 3.21. The molecule has 0 radical (unpaired) electrons. The highest BCUT2D eigenvalue weighted by Gasteiger charge is 2.43. The number of hydrogen-bond acceptors (Lipinski definition) is 3. The summed E-state index contributed by atoms with van der Waals surface area (Å²) >= 11 is 0. The zero-order chi connectivity index (χ0) is 18.5. The van der Waals surface area contributed by atoms with Crippen LogP contribution in [0.5, 0.6) is 0 Å². The van der Waals surface area contributed by atoms with E-state index in [4.69, 9.17) is 4.74 Å². The van der Waals surface area contributed by atoms with E-state index >= 15 is 0 Å². The topological polar surface area (TPSA) is 74.4 Å². The lowest BCUT2D eigenvalue weighted by Crippen LogP contribution is -2.48. The van der Waals surface area contributed by atoms with Crippen LogP contribution in [0.2, 0.25) is 0 Å². The molecule has 0 unspecified atom stereocenters. The van der Waals surface area contributed by atoms with Crippen LogP contribution < -0.4 is 5.32 Å². The van der Waals surface area contributed by atoms with Gasteiger partial charge in [-0.2, -0.15) is 0 Å². The monoisotopic (exact) mass is 367 g/mol. The van der Waals surface area contributed by atoms with Crippen LogP contribution in [0.15, 0.2) is 18.2 Å². The fourth-order valence-corrected chi connectivity index (χ4v) is 4.46. The number of urea groups is 1. The van der Waals surface area contributed by atoms with Gasteiger partial charge in [0.2, 0.25) is 0 Å². The van der Waals surface area contributed by atoms with Crippen LogP contribution in [0.25, 0.3) is 10.9 Å². The molecule has 3 aliphatic rings. The Kier molecular flexibility index (Phi) is 3.88. The van der Waals surface area contributed by atoms with E-state index in [9.17, 15) is 9.59 Å². The van der Waals surface area contributed by atoms with E-state index in [0.29, 0.717) is 36.5 Å². The molecule has 2 aliphatic carbocycles. The van der Waals surface area contributed by atoms with E-state index in [0.717, 1.165) is 28.6 Å². The van der Waals surface area contributed by atoms with Crippen LogP contribution >= 0.6 is 0 Å². The zero-order valence-corrected chi connectivity index (χ0v) is 15.6. The Hall–Kier alpha value is -2.50. The van der Waals surface area contributed by atoms with E-state index < -0.39 is 0 Å². The SMILES string of the molecule is COC(=O)c1cccc2c3c([nH]c12)CCN(C(=O)NC(C1CC1)C1CC1)C3. The van der Waals surface area contributed by atoms with Crippen molar-refractivity contribution in [1.29, 1.82) is 0 Å². The molecule has 6 nitrogen and oxygen atoms in total. The molecule has 2 N–H and O–H groups in total. The maximum Gasteiger partial charge on any atom is 0.339 e. The number of carbonyl (C=O) groups excluding carboxylic acids is 2. The van der Waals surface area contributed by atoms with Crippen molar-refractivity contribution in [2.24, 2.45) is 11.8 Å². The first-order valence-electron chi connectivity index (χ1n) is 9.92. The minimum Gasteiger partial charge on any atom is -0.465 e. The fraction of sp³-hybridized carbons (Fsp3) is 0.524. The summed E-state index contributed by atoms with van der Waals surface area (Å²) in [5.74, 6) is 1.04. The van der Waals surface area contributed by atoms with Crippen LogP contribution in [0.1, 0.15) is 47.3 Å². The van der Waals surface area contributed by atoms with E-state index in [2.05, 4.69) is 10.3 Å². The summed E-state index contributed by atoms with van der Waals surface area (Å²) in [6, 6.07) is 6.08. The van der Waals surface area contributed by atoms with Gasteiger partial charge >= 0.3 is 12.0 Å². The number of nitrogens with zero attached hydrogens (tertiary/aromatic N) is 1. The molecule has 2 fully saturated rings. The largest absolute Gasteiger partial charge is 0.465 e. The van der Waals surface area contributed by atoms with Crippen molar-refractivity contribution in [3.8, 4) is 0 Å². The number of benzene rings is 1. The lowest BCUT2D eigenvalue weighted by molar-refractivity contribution is 0.0602. The number of H-pyrrole nitrogens is 1. The molecular weight excluding hydrogens is 342 g/mol. The second-order valence-electron chi connectivity index (χ2n) is 8.12. The number of nitrogens with one attached hydrogen (secondary N) is 2. The number of ether oxygens (including phenoxy) is 1. The molecule has 0 atom stereocenters. The number of methoxy groups -OCH3 is 1. The van der Waals surface area contributed by atoms with Crippen molar-refractivity contribution >= 4 is 22.9 Å². The Bertz CT molecular complexity index is 899. The van der Waals surface area contributed by atoms with E-state index in [1.807, 2.05) is 17.0 Å². The van der Waals surface area contributed by atoms with Gasteiger partial charge in [0.05, 0.1) is 18.2 Å². The van der Waals surface area contributed by atoms with Crippen molar-refractivity contribution in [3.63, 3.8) is 0 Å². The van der Waals surface area contributed by atoms with Gasteiger partial charge in [-0.05, 0) is 43.6 Å². The van der Waals surface area contributed by atoms with Gasteiger partial charge in [0.25, 0.3) is 0 Å². The number of fused-ring (bicyclic) bond motifs is 3. The standard InChI is InChI=1S/C21H25N3O3/c1-27-20(25)15-4-2-3-14-16-11-24(10-9-17(16)22-19(14)15)21(26)23-18(12-5-6-12)13-7-8-13/h2-4,12-13,18,22H,5-11H2,1H3,(H,23,26). The van der Waals surface area contributed by atoms with Crippen LogP contribution in [-0.4, -0.2) is 41.6 Å². The highest BCUT2D eigenvalue weighted by atomic mass is 16.5. The van der Waals surface area contributed by atoms with Crippen molar-refractivity contribution in [2.45, 2.75) is 44.7 Å². The summed E-state index contributed by atoms with van der Waals surface area (Å²) in [5.41, 5.74) is 3.59. The average molecular weight is 367 g/mol. The Balaban J connectivity index is 1.38. The molecule has 2 saturated carbocycles. The molecule has 2 amide bonds. The smallest absolute Gasteiger partial charge is 0.339 e. The molecule has 1 aromatic carbocycles. The van der Waals surface area contributed by atoms with Gasteiger partial charge in [-0.1, -0.05) is 12.1 Å².